The Hall–Kier alpha value is -1.55. The molecule has 2 aromatic rings. The summed E-state index contributed by atoms with van der Waals surface area (Å²) >= 11 is 0. The standard InChI is InChI=1S/C13H19N3O/c1-13(2,14-3)12-15-10-8-9(17-5)6-7-11(10)16(12)4/h6-8,14H,1-5H3. The average molecular weight is 233 g/mol. The van der Waals surface area contributed by atoms with E-state index in [1.807, 2.05) is 32.3 Å². The van der Waals surface area contributed by atoms with Crippen molar-refractivity contribution in [3.8, 4) is 5.75 Å². The molecule has 4 nitrogen and oxygen atoms in total. The zero-order chi connectivity index (χ0) is 12.6. The molecule has 0 fully saturated rings. The lowest BCUT2D eigenvalue weighted by Gasteiger charge is -2.23. The zero-order valence-electron chi connectivity index (χ0n) is 11.0. The molecule has 4 heteroatoms. The highest BCUT2D eigenvalue weighted by atomic mass is 16.5. The summed E-state index contributed by atoms with van der Waals surface area (Å²) in [6.45, 7) is 4.23. The number of benzene rings is 1. The van der Waals surface area contributed by atoms with E-state index in [1.165, 1.54) is 0 Å². The highest BCUT2D eigenvalue weighted by molar-refractivity contribution is 5.78. The van der Waals surface area contributed by atoms with E-state index in [0.29, 0.717) is 0 Å². The molecule has 17 heavy (non-hydrogen) atoms. The summed E-state index contributed by atoms with van der Waals surface area (Å²) in [6, 6.07) is 5.96. The van der Waals surface area contributed by atoms with Gasteiger partial charge in [0, 0.05) is 13.1 Å². The first-order valence-electron chi connectivity index (χ1n) is 5.69. The maximum absolute atomic E-state index is 5.22. The molecule has 0 aliphatic rings. The van der Waals surface area contributed by atoms with Crippen LogP contribution in [0.1, 0.15) is 19.7 Å². The van der Waals surface area contributed by atoms with Gasteiger partial charge in [0.1, 0.15) is 11.6 Å². The molecule has 0 saturated carbocycles. The summed E-state index contributed by atoms with van der Waals surface area (Å²) in [5.41, 5.74) is 1.93. The first-order chi connectivity index (χ1) is 7.99. The minimum atomic E-state index is -0.152. The Labute approximate surface area is 102 Å². The van der Waals surface area contributed by atoms with E-state index < -0.39 is 0 Å². The maximum Gasteiger partial charge on any atom is 0.129 e. The van der Waals surface area contributed by atoms with Gasteiger partial charge in [-0.3, -0.25) is 0 Å². The highest BCUT2D eigenvalue weighted by Crippen LogP contribution is 2.25. The summed E-state index contributed by atoms with van der Waals surface area (Å²) in [6.07, 6.45) is 0. The van der Waals surface area contributed by atoms with Gasteiger partial charge in [0.2, 0.25) is 0 Å². The molecule has 1 aromatic heterocycles. The van der Waals surface area contributed by atoms with Crippen LogP contribution in [-0.4, -0.2) is 23.7 Å². The Morgan fingerprint density at radius 3 is 2.65 bits per heavy atom. The Morgan fingerprint density at radius 2 is 2.06 bits per heavy atom. The van der Waals surface area contributed by atoms with Gasteiger partial charge in [-0.25, -0.2) is 4.98 Å². The molecule has 0 saturated heterocycles. The second-order valence-electron chi connectivity index (χ2n) is 4.72. The van der Waals surface area contributed by atoms with Crippen LogP contribution in [0.5, 0.6) is 5.75 Å². The van der Waals surface area contributed by atoms with Gasteiger partial charge in [0.15, 0.2) is 0 Å². The SMILES string of the molecule is CNC(C)(C)c1nc2cc(OC)ccc2n1C. The fourth-order valence-electron chi connectivity index (χ4n) is 1.98. The smallest absolute Gasteiger partial charge is 0.129 e. The zero-order valence-corrected chi connectivity index (χ0v) is 11.0. The van der Waals surface area contributed by atoms with Crippen molar-refractivity contribution in [3.05, 3.63) is 24.0 Å². The molecule has 0 aliphatic carbocycles. The van der Waals surface area contributed by atoms with E-state index in [2.05, 4.69) is 28.7 Å². The molecule has 0 radical (unpaired) electrons. The lowest BCUT2D eigenvalue weighted by atomic mass is 10.1. The van der Waals surface area contributed by atoms with E-state index >= 15 is 0 Å². The van der Waals surface area contributed by atoms with Crippen molar-refractivity contribution in [2.75, 3.05) is 14.2 Å². The van der Waals surface area contributed by atoms with Crippen LogP contribution in [-0.2, 0) is 12.6 Å². The second-order valence-corrected chi connectivity index (χ2v) is 4.72. The van der Waals surface area contributed by atoms with E-state index in [4.69, 9.17) is 4.74 Å². The van der Waals surface area contributed by atoms with Gasteiger partial charge >= 0.3 is 0 Å². The minimum Gasteiger partial charge on any atom is -0.497 e. The number of methoxy groups -OCH3 is 1. The Bertz CT molecular complexity index is 543. The van der Waals surface area contributed by atoms with Crippen LogP contribution in [0, 0.1) is 0 Å². The lowest BCUT2D eigenvalue weighted by molar-refractivity contribution is 0.406. The number of aromatic nitrogens is 2. The first kappa shape index (κ1) is 11.9. The highest BCUT2D eigenvalue weighted by Gasteiger charge is 2.24. The number of nitrogens with one attached hydrogen (secondary N) is 1. The van der Waals surface area contributed by atoms with Crippen molar-refractivity contribution in [2.24, 2.45) is 7.05 Å². The van der Waals surface area contributed by atoms with Gasteiger partial charge in [-0.05, 0) is 33.0 Å². The maximum atomic E-state index is 5.22. The Balaban J connectivity index is 2.64. The van der Waals surface area contributed by atoms with Crippen molar-refractivity contribution in [1.29, 1.82) is 0 Å². The molecular formula is C13H19N3O. The van der Waals surface area contributed by atoms with E-state index in [1.54, 1.807) is 7.11 Å². The Morgan fingerprint density at radius 1 is 1.35 bits per heavy atom. The first-order valence-corrected chi connectivity index (χ1v) is 5.69. The van der Waals surface area contributed by atoms with Crippen LogP contribution in [0.15, 0.2) is 18.2 Å². The lowest BCUT2D eigenvalue weighted by Crippen LogP contribution is -2.35. The molecule has 92 valence electrons. The number of imidazole rings is 1. The molecule has 0 amide bonds. The van der Waals surface area contributed by atoms with Crippen LogP contribution in [0.25, 0.3) is 11.0 Å². The molecule has 0 spiro atoms. The third kappa shape index (κ3) is 1.89. The Kier molecular flexibility index (Phi) is 2.83. The number of aryl methyl sites for hydroxylation is 1. The molecule has 1 heterocycles. The van der Waals surface area contributed by atoms with Crippen molar-refractivity contribution >= 4 is 11.0 Å². The number of hydrogen-bond acceptors (Lipinski definition) is 3. The second kappa shape index (κ2) is 4.04. The van der Waals surface area contributed by atoms with Gasteiger partial charge in [0.25, 0.3) is 0 Å². The van der Waals surface area contributed by atoms with Crippen LogP contribution in [0.3, 0.4) is 0 Å². The van der Waals surface area contributed by atoms with E-state index in [9.17, 15) is 0 Å². The van der Waals surface area contributed by atoms with Gasteiger partial charge in [-0.1, -0.05) is 0 Å². The van der Waals surface area contributed by atoms with Crippen LogP contribution < -0.4 is 10.1 Å². The molecule has 1 N–H and O–H groups in total. The van der Waals surface area contributed by atoms with Crippen LogP contribution in [0.2, 0.25) is 0 Å². The van der Waals surface area contributed by atoms with Gasteiger partial charge in [-0.15, -0.1) is 0 Å². The summed E-state index contributed by atoms with van der Waals surface area (Å²) in [5, 5.41) is 3.27. The van der Waals surface area contributed by atoms with Crippen LogP contribution >= 0.6 is 0 Å². The quantitative estimate of drug-likeness (QED) is 0.881. The predicted molar refractivity (Wildman–Crippen MR) is 69.4 cm³/mol. The fourth-order valence-corrected chi connectivity index (χ4v) is 1.98. The molecule has 0 unspecified atom stereocenters. The number of fused-ring (bicyclic) bond motifs is 1. The molecular weight excluding hydrogens is 214 g/mol. The molecule has 0 bridgehead atoms. The third-order valence-electron chi connectivity index (χ3n) is 3.27. The van der Waals surface area contributed by atoms with Crippen molar-refractivity contribution in [1.82, 2.24) is 14.9 Å². The number of rotatable bonds is 3. The summed E-state index contributed by atoms with van der Waals surface area (Å²) in [4.78, 5) is 4.68. The third-order valence-corrected chi connectivity index (χ3v) is 3.27. The van der Waals surface area contributed by atoms with Gasteiger partial charge in [-0.2, -0.15) is 0 Å². The monoisotopic (exact) mass is 233 g/mol. The summed E-state index contributed by atoms with van der Waals surface area (Å²) in [5.74, 6) is 1.85. The van der Waals surface area contributed by atoms with Crippen molar-refractivity contribution in [2.45, 2.75) is 19.4 Å². The number of hydrogen-bond donors (Lipinski definition) is 1. The van der Waals surface area contributed by atoms with E-state index in [0.717, 1.165) is 22.6 Å². The van der Waals surface area contributed by atoms with E-state index in [-0.39, 0.29) is 5.54 Å². The predicted octanol–water partition coefficient (Wildman–Crippen LogP) is 2.04. The van der Waals surface area contributed by atoms with Crippen molar-refractivity contribution < 1.29 is 4.74 Å². The normalized spacial score (nSPS) is 12.1. The largest absolute Gasteiger partial charge is 0.497 e. The molecule has 0 atom stereocenters. The summed E-state index contributed by atoms with van der Waals surface area (Å²) < 4.78 is 7.33. The summed E-state index contributed by atoms with van der Waals surface area (Å²) in [7, 11) is 5.65. The molecule has 2 rings (SSSR count). The fraction of sp³-hybridized carbons (Fsp3) is 0.462. The molecule has 0 aliphatic heterocycles. The topological polar surface area (TPSA) is 39.1 Å². The van der Waals surface area contributed by atoms with Crippen molar-refractivity contribution in [3.63, 3.8) is 0 Å². The average Bonchev–Trinajstić information content (AvgIpc) is 2.67. The molecule has 1 aromatic carbocycles. The van der Waals surface area contributed by atoms with Gasteiger partial charge in [0.05, 0.1) is 23.7 Å². The van der Waals surface area contributed by atoms with Crippen LogP contribution in [0.4, 0.5) is 0 Å². The number of nitrogens with zero attached hydrogens (tertiary/aromatic N) is 2. The number of ether oxygens (including phenoxy) is 1. The van der Waals surface area contributed by atoms with Gasteiger partial charge < -0.3 is 14.6 Å². The minimum absolute atomic E-state index is 0.152.